The predicted molar refractivity (Wildman–Crippen MR) is 84.4 cm³/mol. The van der Waals surface area contributed by atoms with Crippen molar-refractivity contribution in [3.05, 3.63) is 22.7 Å². The average Bonchev–Trinajstić information content (AvgIpc) is 2.46. The van der Waals surface area contributed by atoms with Crippen LogP contribution in [0.4, 0.5) is 0 Å². The number of aliphatic carboxylic acids is 1. The Morgan fingerprint density at radius 3 is 2.64 bits per heavy atom. The van der Waals surface area contributed by atoms with E-state index in [1.54, 1.807) is 13.0 Å². The summed E-state index contributed by atoms with van der Waals surface area (Å²) in [6.07, 6.45) is 1.02. The number of halogens is 1. The highest BCUT2D eigenvalue weighted by Crippen LogP contribution is 2.31. The van der Waals surface area contributed by atoms with E-state index in [2.05, 4.69) is 15.9 Å². The molecule has 0 radical (unpaired) electrons. The monoisotopic (exact) mass is 391 g/mol. The number of nitrogens with zero attached hydrogens (tertiary/aromatic N) is 1. The van der Waals surface area contributed by atoms with Crippen LogP contribution in [-0.4, -0.2) is 43.5 Å². The van der Waals surface area contributed by atoms with Gasteiger partial charge < -0.3 is 9.84 Å². The Morgan fingerprint density at radius 1 is 1.36 bits per heavy atom. The third kappa shape index (κ3) is 3.44. The second-order valence-corrected chi connectivity index (χ2v) is 8.17. The quantitative estimate of drug-likeness (QED) is 0.851. The Bertz CT molecular complexity index is 676. The second-order valence-electron chi connectivity index (χ2n) is 5.36. The lowest BCUT2D eigenvalue weighted by Gasteiger charge is -2.35. The molecule has 0 bridgehead atoms. The standard InChI is InChI=1S/C14H18BrNO5S/c1-9-3-4-10(14(17)18)8-16(9)22(19,20)13-6-11(15)5-12(7-13)21-2/h5-7,9-10H,3-4,8H2,1-2H3,(H,17,18). The SMILES string of the molecule is COc1cc(Br)cc(S(=O)(=O)N2CC(C(=O)O)CCC2C)c1. The minimum atomic E-state index is -3.77. The molecule has 0 amide bonds. The topological polar surface area (TPSA) is 83.9 Å². The van der Waals surface area contributed by atoms with Crippen LogP contribution in [0.15, 0.2) is 27.6 Å². The predicted octanol–water partition coefficient (Wildman–Crippen LogP) is 2.33. The van der Waals surface area contributed by atoms with Crippen molar-refractivity contribution in [3.8, 4) is 5.75 Å². The maximum absolute atomic E-state index is 12.8. The van der Waals surface area contributed by atoms with Gasteiger partial charge in [0.15, 0.2) is 0 Å². The lowest BCUT2D eigenvalue weighted by molar-refractivity contribution is -0.143. The molecule has 8 heteroatoms. The van der Waals surface area contributed by atoms with Crippen molar-refractivity contribution in [2.24, 2.45) is 5.92 Å². The largest absolute Gasteiger partial charge is 0.497 e. The van der Waals surface area contributed by atoms with E-state index in [0.717, 1.165) is 0 Å². The minimum absolute atomic E-state index is 0.00629. The molecule has 0 aliphatic carbocycles. The Hall–Kier alpha value is -1.12. The third-order valence-electron chi connectivity index (χ3n) is 3.86. The van der Waals surface area contributed by atoms with Crippen LogP contribution in [-0.2, 0) is 14.8 Å². The van der Waals surface area contributed by atoms with E-state index in [4.69, 9.17) is 9.84 Å². The van der Waals surface area contributed by atoms with Gasteiger partial charge in [0.1, 0.15) is 5.75 Å². The number of methoxy groups -OCH3 is 1. The molecule has 1 N–H and O–H groups in total. The Morgan fingerprint density at radius 2 is 2.05 bits per heavy atom. The molecule has 1 saturated heterocycles. The van der Waals surface area contributed by atoms with E-state index in [0.29, 0.717) is 23.1 Å². The lowest BCUT2D eigenvalue weighted by Crippen LogP contribution is -2.47. The number of rotatable bonds is 4. The molecule has 22 heavy (non-hydrogen) atoms. The fraction of sp³-hybridized carbons (Fsp3) is 0.500. The molecule has 1 heterocycles. The van der Waals surface area contributed by atoms with Crippen molar-refractivity contribution >= 4 is 31.9 Å². The third-order valence-corrected chi connectivity index (χ3v) is 6.28. The zero-order valence-corrected chi connectivity index (χ0v) is 14.7. The average molecular weight is 392 g/mol. The van der Waals surface area contributed by atoms with Crippen LogP contribution in [0.5, 0.6) is 5.75 Å². The molecule has 2 unspecified atom stereocenters. The molecule has 1 fully saturated rings. The summed E-state index contributed by atoms with van der Waals surface area (Å²) in [6, 6.07) is 4.37. The van der Waals surface area contributed by atoms with Crippen LogP contribution in [0.2, 0.25) is 0 Å². The molecule has 1 aromatic rings. The van der Waals surface area contributed by atoms with Crippen molar-refractivity contribution in [2.75, 3.05) is 13.7 Å². The number of carbonyl (C=O) groups is 1. The Labute approximate surface area is 138 Å². The summed E-state index contributed by atoms with van der Waals surface area (Å²) in [5.41, 5.74) is 0. The van der Waals surface area contributed by atoms with E-state index < -0.39 is 21.9 Å². The van der Waals surface area contributed by atoms with Crippen LogP contribution < -0.4 is 4.74 Å². The van der Waals surface area contributed by atoms with Gasteiger partial charge in [-0.25, -0.2) is 8.42 Å². The molecule has 122 valence electrons. The molecule has 6 nitrogen and oxygen atoms in total. The Kier molecular flexibility index (Phi) is 5.14. The Balaban J connectivity index is 2.40. The lowest BCUT2D eigenvalue weighted by atomic mass is 9.96. The van der Waals surface area contributed by atoms with Crippen molar-refractivity contribution in [3.63, 3.8) is 0 Å². The summed E-state index contributed by atoms with van der Waals surface area (Å²) in [7, 11) is -2.31. The highest BCUT2D eigenvalue weighted by Gasteiger charge is 2.37. The van der Waals surface area contributed by atoms with Gasteiger partial charge in [-0.05, 0) is 31.9 Å². The van der Waals surface area contributed by atoms with Crippen molar-refractivity contribution < 1.29 is 23.1 Å². The maximum atomic E-state index is 12.8. The van der Waals surface area contributed by atoms with Crippen molar-refractivity contribution in [2.45, 2.75) is 30.7 Å². The highest BCUT2D eigenvalue weighted by molar-refractivity contribution is 9.10. The molecule has 2 rings (SSSR count). The molecule has 1 aromatic carbocycles. The number of ether oxygens (including phenoxy) is 1. The normalized spacial score (nSPS) is 23.2. The van der Waals surface area contributed by atoms with Crippen LogP contribution in [0.25, 0.3) is 0 Å². The van der Waals surface area contributed by atoms with Gasteiger partial charge in [-0.15, -0.1) is 0 Å². The van der Waals surface area contributed by atoms with E-state index in [1.165, 1.54) is 23.5 Å². The van der Waals surface area contributed by atoms with Crippen LogP contribution in [0, 0.1) is 5.92 Å². The summed E-state index contributed by atoms with van der Waals surface area (Å²) < 4.78 is 32.6. The number of benzene rings is 1. The van der Waals surface area contributed by atoms with Gasteiger partial charge in [-0.3, -0.25) is 4.79 Å². The summed E-state index contributed by atoms with van der Waals surface area (Å²) in [4.78, 5) is 11.3. The van der Waals surface area contributed by atoms with Crippen molar-refractivity contribution in [1.29, 1.82) is 0 Å². The summed E-state index contributed by atoms with van der Waals surface area (Å²) in [5, 5.41) is 9.16. The van der Waals surface area contributed by atoms with Gasteiger partial charge in [0.05, 0.1) is 17.9 Å². The number of piperidine rings is 1. The molecule has 2 atom stereocenters. The second kappa shape index (κ2) is 6.55. The molecule has 0 saturated carbocycles. The number of hydrogen-bond acceptors (Lipinski definition) is 4. The summed E-state index contributed by atoms with van der Waals surface area (Å²) in [6.45, 7) is 1.79. The van der Waals surface area contributed by atoms with E-state index in [9.17, 15) is 13.2 Å². The smallest absolute Gasteiger partial charge is 0.307 e. The highest BCUT2D eigenvalue weighted by atomic mass is 79.9. The maximum Gasteiger partial charge on any atom is 0.307 e. The molecular weight excluding hydrogens is 374 g/mol. The fourth-order valence-corrected chi connectivity index (χ4v) is 4.94. The molecule has 1 aliphatic heterocycles. The first-order chi connectivity index (χ1) is 10.3. The fourth-order valence-electron chi connectivity index (χ4n) is 2.55. The van der Waals surface area contributed by atoms with E-state index in [1.807, 2.05) is 0 Å². The summed E-state index contributed by atoms with van der Waals surface area (Å²) >= 11 is 3.26. The summed E-state index contributed by atoms with van der Waals surface area (Å²) in [5.74, 6) is -1.20. The van der Waals surface area contributed by atoms with Crippen LogP contribution in [0.1, 0.15) is 19.8 Å². The van der Waals surface area contributed by atoms with Crippen molar-refractivity contribution in [1.82, 2.24) is 4.31 Å². The number of hydrogen-bond donors (Lipinski definition) is 1. The molecule has 0 aromatic heterocycles. The first-order valence-corrected chi connectivity index (χ1v) is 9.08. The van der Waals surface area contributed by atoms with Crippen LogP contribution >= 0.6 is 15.9 Å². The number of sulfonamides is 1. The zero-order valence-electron chi connectivity index (χ0n) is 12.3. The molecule has 1 aliphatic rings. The minimum Gasteiger partial charge on any atom is -0.497 e. The first-order valence-electron chi connectivity index (χ1n) is 6.85. The van der Waals surface area contributed by atoms with E-state index >= 15 is 0 Å². The molecule has 0 spiro atoms. The van der Waals surface area contributed by atoms with Crippen LogP contribution in [0.3, 0.4) is 0 Å². The van der Waals surface area contributed by atoms with E-state index in [-0.39, 0.29) is 17.5 Å². The number of carboxylic acids is 1. The molecular formula is C14H18BrNO5S. The zero-order chi connectivity index (χ0) is 16.5. The first kappa shape index (κ1) is 17.2. The van der Waals surface area contributed by atoms with Gasteiger partial charge >= 0.3 is 5.97 Å². The van der Waals surface area contributed by atoms with Gasteiger partial charge in [0.2, 0.25) is 10.0 Å². The number of carboxylic acid groups (broad SMARTS) is 1. The van der Waals surface area contributed by atoms with Gasteiger partial charge in [-0.1, -0.05) is 15.9 Å². The van der Waals surface area contributed by atoms with Gasteiger partial charge in [-0.2, -0.15) is 4.31 Å². The van der Waals surface area contributed by atoms with Gasteiger partial charge in [0, 0.05) is 23.1 Å². The van der Waals surface area contributed by atoms with Gasteiger partial charge in [0.25, 0.3) is 0 Å².